The van der Waals surface area contributed by atoms with E-state index < -0.39 is 0 Å². The molecule has 36 heavy (non-hydrogen) atoms. The Labute approximate surface area is 222 Å². The second-order valence-corrected chi connectivity index (χ2v) is 13.7. The SMILES string of the molecule is CC(C)c1cc(C(C)(C)C)cc(C(C)C)c1N=CC=Nc1c(C(C)C)cc(C(C)(C)C)cc1C(C)C. The molecular weight excluding hydrogens is 436 g/mol. The Balaban J connectivity index is 2.63. The van der Waals surface area contributed by atoms with E-state index in [2.05, 4.69) is 121 Å². The molecule has 2 rings (SSSR count). The second-order valence-electron chi connectivity index (χ2n) is 13.7. The van der Waals surface area contributed by atoms with Crippen LogP contribution in [-0.4, -0.2) is 12.4 Å². The smallest absolute Gasteiger partial charge is 0.0699 e. The highest BCUT2D eigenvalue weighted by Gasteiger charge is 2.22. The maximum absolute atomic E-state index is 5.02. The summed E-state index contributed by atoms with van der Waals surface area (Å²) in [5, 5.41) is 0. The Morgan fingerprint density at radius 1 is 0.472 bits per heavy atom. The largest absolute Gasteiger partial charge is 0.255 e. The van der Waals surface area contributed by atoms with Crippen molar-refractivity contribution in [3.8, 4) is 0 Å². The van der Waals surface area contributed by atoms with Gasteiger partial charge in [-0.2, -0.15) is 0 Å². The first kappa shape index (κ1) is 30.0. The fourth-order valence-electron chi connectivity index (χ4n) is 4.50. The maximum Gasteiger partial charge on any atom is 0.0699 e. The van der Waals surface area contributed by atoms with Crippen molar-refractivity contribution in [2.45, 2.75) is 131 Å². The number of nitrogens with zero attached hydrogens (tertiary/aromatic N) is 2. The van der Waals surface area contributed by atoms with Crippen LogP contribution in [0, 0.1) is 0 Å². The molecule has 0 aliphatic carbocycles. The molecule has 0 saturated heterocycles. The summed E-state index contributed by atoms with van der Waals surface area (Å²) >= 11 is 0. The van der Waals surface area contributed by atoms with Crippen LogP contribution < -0.4 is 0 Å². The van der Waals surface area contributed by atoms with Crippen LogP contribution in [0.5, 0.6) is 0 Å². The van der Waals surface area contributed by atoms with Crippen LogP contribution in [0.15, 0.2) is 34.3 Å². The summed E-state index contributed by atoms with van der Waals surface area (Å²) in [6.07, 6.45) is 3.80. The van der Waals surface area contributed by atoms with Gasteiger partial charge in [-0.25, -0.2) is 0 Å². The molecule has 0 unspecified atom stereocenters. The first-order valence-electron chi connectivity index (χ1n) is 13.9. The first-order chi connectivity index (χ1) is 16.4. The normalized spacial score (nSPS) is 13.5. The molecule has 0 heterocycles. The highest BCUT2D eigenvalue weighted by molar-refractivity contribution is 6.17. The molecule has 2 aromatic rings. The molecule has 0 aliphatic rings. The minimum atomic E-state index is 0.108. The summed E-state index contributed by atoms with van der Waals surface area (Å²) in [6.45, 7) is 31.8. The predicted octanol–water partition coefficient (Wildman–Crippen LogP) is 10.9. The van der Waals surface area contributed by atoms with Crippen LogP contribution in [0.2, 0.25) is 0 Å². The van der Waals surface area contributed by atoms with Gasteiger partial charge >= 0.3 is 0 Å². The molecule has 0 fully saturated rings. The van der Waals surface area contributed by atoms with Crippen LogP contribution in [0.25, 0.3) is 0 Å². The third-order valence-electron chi connectivity index (χ3n) is 7.03. The van der Waals surface area contributed by atoms with Gasteiger partial charge in [-0.3, -0.25) is 9.98 Å². The molecule has 2 heteroatoms. The third-order valence-corrected chi connectivity index (χ3v) is 7.03. The van der Waals surface area contributed by atoms with Crippen molar-refractivity contribution < 1.29 is 0 Å². The van der Waals surface area contributed by atoms with Gasteiger partial charge in [0, 0.05) is 12.4 Å². The van der Waals surface area contributed by atoms with E-state index in [0.717, 1.165) is 11.4 Å². The quantitative estimate of drug-likeness (QED) is 0.346. The zero-order valence-electron chi connectivity index (χ0n) is 25.7. The van der Waals surface area contributed by atoms with Crippen LogP contribution >= 0.6 is 0 Å². The van der Waals surface area contributed by atoms with Gasteiger partial charge < -0.3 is 0 Å². The lowest BCUT2D eigenvalue weighted by Gasteiger charge is -2.25. The van der Waals surface area contributed by atoms with Gasteiger partial charge in [-0.15, -0.1) is 0 Å². The number of benzene rings is 2. The van der Waals surface area contributed by atoms with Gasteiger partial charge in [-0.05, 0) is 67.9 Å². The molecule has 0 aliphatic heterocycles. The molecule has 0 atom stereocenters. The van der Waals surface area contributed by atoms with Crippen LogP contribution in [0.1, 0.15) is 154 Å². The van der Waals surface area contributed by atoms with Gasteiger partial charge in [0.25, 0.3) is 0 Å². The van der Waals surface area contributed by atoms with Crippen LogP contribution in [0.3, 0.4) is 0 Å². The monoisotopic (exact) mass is 488 g/mol. The van der Waals surface area contributed by atoms with E-state index in [9.17, 15) is 0 Å². The lowest BCUT2D eigenvalue weighted by molar-refractivity contribution is 0.586. The van der Waals surface area contributed by atoms with Crippen LogP contribution in [-0.2, 0) is 10.8 Å². The average Bonchev–Trinajstić information content (AvgIpc) is 2.73. The van der Waals surface area contributed by atoms with Crippen molar-refractivity contribution in [3.05, 3.63) is 57.6 Å². The van der Waals surface area contributed by atoms with Crippen molar-refractivity contribution in [1.29, 1.82) is 0 Å². The summed E-state index contributed by atoms with van der Waals surface area (Å²) in [7, 11) is 0. The minimum Gasteiger partial charge on any atom is -0.255 e. The molecule has 2 nitrogen and oxygen atoms in total. The Bertz CT molecular complexity index is 949. The molecule has 0 spiro atoms. The molecule has 0 N–H and O–H groups in total. The number of hydrogen-bond acceptors (Lipinski definition) is 2. The van der Waals surface area contributed by atoms with Crippen LogP contribution in [0.4, 0.5) is 11.4 Å². The van der Waals surface area contributed by atoms with E-state index >= 15 is 0 Å². The van der Waals surface area contributed by atoms with Gasteiger partial charge in [0.2, 0.25) is 0 Å². The molecule has 0 bridgehead atoms. The van der Waals surface area contributed by atoms with Crippen molar-refractivity contribution in [2.75, 3.05) is 0 Å². The number of aliphatic imine (C=N–C) groups is 2. The first-order valence-corrected chi connectivity index (χ1v) is 13.9. The Morgan fingerprint density at radius 3 is 0.861 bits per heavy atom. The molecule has 0 aromatic heterocycles. The molecule has 0 radical (unpaired) electrons. The molecule has 0 saturated carbocycles. The highest BCUT2D eigenvalue weighted by Crippen LogP contribution is 2.40. The summed E-state index contributed by atoms with van der Waals surface area (Å²) < 4.78 is 0. The predicted molar refractivity (Wildman–Crippen MR) is 163 cm³/mol. The molecule has 2 aromatic carbocycles. The Morgan fingerprint density at radius 2 is 0.694 bits per heavy atom. The minimum absolute atomic E-state index is 0.108. The number of hydrogen-bond donors (Lipinski definition) is 0. The summed E-state index contributed by atoms with van der Waals surface area (Å²) in [6, 6.07) is 9.44. The van der Waals surface area contributed by atoms with Gasteiger partial charge in [0.05, 0.1) is 11.4 Å². The summed E-state index contributed by atoms with van der Waals surface area (Å²) in [5.41, 5.74) is 10.5. The van der Waals surface area contributed by atoms with Gasteiger partial charge in [0.15, 0.2) is 0 Å². The Kier molecular flexibility index (Phi) is 9.54. The molecular formula is C34H52N2. The lowest BCUT2D eigenvalue weighted by Crippen LogP contribution is -2.13. The zero-order valence-corrected chi connectivity index (χ0v) is 25.7. The van der Waals surface area contributed by atoms with E-state index in [0.29, 0.717) is 23.7 Å². The highest BCUT2D eigenvalue weighted by atomic mass is 14.8. The van der Waals surface area contributed by atoms with E-state index in [1.165, 1.54) is 33.4 Å². The second kappa shape index (κ2) is 11.4. The number of rotatable bonds is 7. The van der Waals surface area contributed by atoms with Crippen molar-refractivity contribution in [2.24, 2.45) is 9.98 Å². The topological polar surface area (TPSA) is 24.7 Å². The summed E-state index contributed by atoms with van der Waals surface area (Å²) in [5.74, 6) is 1.61. The van der Waals surface area contributed by atoms with Crippen molar-refractivity contribution in [1.82, 2.24) is 0 Å². The average molecular weight is 489 g/mol. The van der Waals surface area contributed by atoms with Crippen molar-refractivity contribution in [3.63, 3.8) is 0 Å². The van der Waals surface area contributed by atoms with Gasteiger partial charge in [-0.1, -0.05) is 121 Å². The van der Waals surface area contributed by atoms with E-state index in [4.69, 9.17) is 9.98 Å². The van der Waals surface area contributed by atoms with Crippen molar-refractivity contribution >= 4 is 23.8 Å². The fourth-order valence-corrected chi connectivity index (χ4v) is 4.50. The molecule has 0 amide bonds. The van der Waals surface area contributed by atoms with E-state index in [-0.39, 0.29) is 10.8 Å². The third kappa shape index (κ3) is 7.17. The summed E-state index contributed by atoms with van der Waals surface area (Å²) in [4.78, 5) is 10.0. The zero-order chi connectivity index (χ0) is 27.6. The standard InChI is InChI=1S/C34H52N2/c1-21(2)27-17-25(33(9,10)11)18-28(22(3)4)31(27)35-15-16-36-32-29(23(5)6)19-26(34(12,13)14)20-30(32)24(7)8/h15-24H,1-14H3. The van der Waals surface area contributed by atoms with E-state index in [1.807, 2.05) is 12.4 Å². The van der Waals surface area contributed by atoms with Gasteiger partial charge in [0.1, 0.15) is 0 Å². The maximum atomic E-state index is 5.02. The molecule has 198 valence electrons. The Hall–Kier alpha value is -2.22. The fraction of sp³-hybridized carbons (Fsp3) is 0.588. The van der Waals surface area contributed by atoms with E-state index in [1.54, 1.807) is 0 Å². The lowest BCUT2D eigenvalue weighted by atomic mass is 9.81.